The highest BCUT2D eigenvalue weighted by Crippen LogP contribution is 2.31. The Kier molecular flexibility index (Phi) is 6.28. The van der Waals surface area contributed by atoms with Crippen molar-refractivity contribution in [3.8, 4) is 0 Å². The third-order valence-electron chi connectivity index (χ3n) is 3.26. The number of esters is 1. The third kappa shape index (κ3) is 4.52. The Balaban J connectivity index is 2.11. The summed E-state index contributed by atoms with van der Waals surface area (Å²) in [5.41, 5.74) is 0.575. The molecule has 1 aromatic rings. The van der Waals surface area contributed by atoms with Gasteiger partial charge in [0.15, 0.2) is 0 Å². The highest BCUT2D eigenvalue weighted by atomic mass is 35.5. The molecule has 0 aromatic heterocycles. The number of nitrogens with one attached hydrogen (secondary N) is 1. The van der Waals surface area contributed by atoms with Gasteiger partial charge in [-0.2, -0.15) is 0 Å². The molecule has 1 aliphatic heterocycles. The van der Waals surface area contributed by atoms with Crippen LogP contribution in [0, 0.1) is 0 Å². The summed E-state index contributed by atoms with van der Waals surface area (Å²) in [4.78, 5) is 37.4. The van der Waals surface area contributed by atoms with Crippen molar-refractivity contribution < 1.29 is 19.1 Å². The molecule has 0 spiro atoms. The summed E-state index contributed by atoms with van der Waals surface area (Å²) in [5.74, 6) is -0.939. The minimum absolute atomic E-state index is 0.184. The number of thioether (sulfide) groups is 1. The SMILES string of the molecule is CCOC(=O)/C=C1\SCC(=O)N1[C@H](C)C(=O)Nc1ccc(Cl)cc1. The average Bonchev–Trinajstić information content (AvgIpc) is 2.89. The van der Waals surface area contributed by atoms with Crippen LogP contribution in [0.15, 0.2) is 35.4 Å². The van der Waals surface area contributed by atoms with Crippen LogP contribution in [0.5, 0.6) is 0 Å². The van der Waals surface area contributed by atoms with Crippen molar-refractivity contribution in [1.82, 2.24) is 4.90 Å². The van der Waals surface area contributed by atoms with Gasteiger partial charge in [0.2, 0.25) is 11.8 Å². The summed E-state index contributed by atoms with van der Waals surface area (Å²) in [6.07, 6.45) is 1.24. The van der Waals surface area contributed by atoms with Crippen molar-refractivity contribution in [2.75, 3.05) is 17.7 Å². The fourth-order valence-corrected chi connectivity index (χ4v) is 3.21. The average molecular weight is 369 g/mol. The van der Waals surface area contributed by atoms with E-state index < -0.39 is 12.0 Å². The second kappa shape index (κ2) is 8.21. The molecule has 128 valence electrons. The Hall–Kier alpha value is -1.99. The van der Waals surface area contributed by atoms with E-state index in [2.05, 4.69) is 5.32 Å². The zero-order valence-electron chi connectivity index (χ0n) is 13.2. The number of halogens is 1. The van der Waals surface area contributed by atoms with Crippen molar-refractivity contribution in [2.45, 2.75) is 19.9 Å². The summed E-state index contributed by atoms with van der Waals surface area (Å²) < 4.78 is 4.85. The van der Waals surface area contributed by atoms with Crippen molar-refractivity contribution >= 4 is 46.8 Å². The van der Waals surface area contributed by atoms with Crippen molar-refractivity contribution in [3.63, 3.8) is 0 Å². The van der Waals surface area contributed by atoms with Gasteiger partial charge in [0.25, 0.3) is 0 Å². The molecule has 1 aromatic carbocycles. The highest BCUT2D eigenvalue weighted by Gasteiger charge is 2.34. The van der Waals surface area contributed by atoms with Crippen LogP contribution in [0.4, 0.5) is 5.69 Å². The van der Waals surface area contributed by atoms with Gasteiger partial charge in [-0.05, 0) is 38.1 Å². The molecule has 1 saturated heterocycles. The summed E-state index contributed by atoms with van der Waals surface area (Å²) in [5, 5.41) is 3.70. The molecule has 0 bridgehead atoms. The van der Waals surface area contributed by atoms with E-state index in [0.29, 0.717) is 15.7 Å². The Morgan fingerprint density at radius 3 is 2.71 bits per heavy atom. The van der Waals surface area contributed by atoms with Crippen LogP contribution in [-0.2, 0) is 19.1 Å². The van der Waals surface area contributed by atoms with Gasteiger partial charge in [0.1, 0.15) is 6.04 Å². The largest absolute Gasteiger partial charge is 0.463 e. The van der Waals surface area contributed by atoms with Gasteiger partial charge in [-0.3, -0.25) is 14.5 Å². The predicted octanol–water partition coefficient (Wildman–Crippen LogP) is 2.65. The molecule has 1 fully saturated rings. The normalized spacial score (nSPS) is 17.0. The van der Waals surface area contributed by atoms with Gasteiger partial charge in [-0.1, -0.05) is 23.4 Å². The zero-order chi connectivity index (χ0) is 17.7. The number of benzene rings is 1. The van der Waals surface area contributed by atoms with E-state index in [0.717, 1.165) is 0 Å². The lowest BCUT2D eigenvalue weighted by atomic mass is 10.2. The topological polar surface area (TPSA) is 75.7 Å². The molecule has 1 N–H and O–H groups in total. The fourth-order valence-electron chi connectivity index (χ4n) is 2.10. The number of carbonyl (C=O) groups is 3. The standard InChI is InChI=1S/C16H17ClN2O4S/c1-3-23-15(21)8-14-19(13(20)9-24-14)10(2)16(22)18-12-6-4-11(17)5-7-12/h4-8,10H,3,9H2,1-2H3,(H,18,22)/b14-8-/t10-/m1/s1. The first kappa shape index (κ1) is 18.4. The summed E-state index contributed by atoms with van der Waals surface area (Å²) >= 11 is 7.01. The minimum atomic E-state index is -0.760. The van der Waals surface area contributed by atoms with Crippen molar-refractivity contribution in [1.29, 1.82) is 0 Å². The van der Waals surface area contributed by atoms with Crippen LogP contribution in [0.3, 0.4) is 0 Å². The van der Waals surface area contributed by atoms with Crippen LogP contribution < -0.4 is 5.32 Å². The molecule has 0 radical (unpaired) electrons. The zero-order valence-corrected chi connectivity index (χ0v) is 14.8. The monoisotopic (exact) mass is 368 g/mol. The summed E-state index contributed by atoms with van der Waals surface area (Å²) in [6, 6.07) is 5.89. The maximum absolute atomic E-state index is 12.4. The van der Waals surface area contributed by atoms with Crippen molar-refractivity contribution in [2.24, 2.45) is 0 Å². The molecule has 6 nitrogen and oxygen atoms in total. The first-order chi connectivity index (χ1) is 11.4. The van der Waals surface area contributed by atoms with Gasteiger partial charge in [-0.15, -0.1) is 0 Å². The smallest absolute Gasteiger partial charge is 0.333 e. The number of ether oxygens (including phenoxy) is 1. The van der Waals surface area contributed by atoms with E-state index in [9.17, 15) is 14.4 Å². The van der Waals surface area contributed by atoms with Crippen LogP contribution in [0.25, 0.3) is 0 Å². The van der Waals surface area contributed by atoms with Crippen LogP contribution in [-0.4, -0.2) is 41.1 Å². The van der Waals surface area contributed by atoms with Gasteiger partial charge in [0, 0.05) is 10.7 Å². The number of amides is 2. The van der Waals surface area contributed by atoms with Crippen LogP contribution in [0.1, 0.15) is 13.8 Å². The number of anilines is 1. The lowest BCUT2D eigenvalue weighted by molar-refractivity contribution is -0.137. The van der Waals surface area contributed by atoms with E-state index in [4.69, 9.17) is 16.3 Å². The Labute approximate surface area is 149 Å². The Morgan fingerprint density at radius 2 is 2.08 bits per heavy atom. The lowest BCUT2D eigenvalue weighted by Crippen LogP contribution is -2.42. The van der Waals surface area contributed by atoms with Crippen LogP contribution in [0.2, 0.25) is 5.02 Å². The van der Waals surface area contributed by atoms with Crippen LogP contribution >= 0.6 is 23.4 Å². The molecule has 1 aliphatic rings. The molecule has 2 rings (SSSR count). The molecule has 2 amide bonds. The summed E-state index contributed by atoms with van der Waals surface area (Å²) in [7, 11) is 0. The number of carbonyl (C=O) groups excluding carboxylic acids is 3. The number of hydrogen-bond donors (Lipinski definition) is 1. The molecular weight excluding hydrogens is 352 g/mol. The first-order valence-corrected chi connectivity index (χ1v) is 8.68. The molecule has 8 heteroatoms. The molecule has 0 unspecified atom stereocenters. The third-order valence-corrected chi connectivity index (χ3v) is 4.51. The van der Waals surface area contributed by atoms with E-state index in [1.807, 2.05) is 0 Å². The molecule has 0 saturated carbocycles. The van der Waals surface area contributed by atoms with Gasteiger partial charge >= 0.3 is 5.97 Å². The fraction of sp³-hybridized carbons (Fsp3) is 0.312. The molecule has 24 heavy (non-hydrogen) atoms. The van der Waals surface area contributed by atoms with E-state index in [-0.39, 0.29) is 24.2 Å². The Morgan fingerprint density at radius 1 is 1.42 bits per heavy atom. The Bertz CT molecular complexity index is 675. The number of hydrogen-bond acceptors (Lipinski definition) is 5. The lowest BCUT2D eigenvalue weighted by Gasteiger charge is -2.24. The van der Waals surface area contributed by atoms with Gasteiger partial charge in [0.05, 0.1) is 23.5 Å². The van der Waals surface area contributed by atoms with Gasteiger partial charge in [-0.25, -0.2) is 4.79 Å². The summed E-state index contributed by atoms with van der Waals surface area (Å²) in [6.45, 7) is 3.55. The maximum Gasteiger partial charge on any atom is 0.333 e. The highest BCUT2D eigenvalue weighted by molar-refractivity contribution is 8.04. The predicted molar refractivity (Wildman–Crippen MR) is 93.6 cm³/mol. The number of nitrogens with zero attached hydrogens (tertiary/aromatic N) is 1. The second-order valence-electron chi connectivity index (χ2n) is 4.96. The molecule has 1 heterocycles. The molecule has 0 aliphatic carbocycles. The van der Waals surface area contributed by atoms with Gasteiger partial charge < -0.3 is 10.1 Å². The first-order valence-electron chi connectivity index (χ1n) is 7.32. The van der Waals surface area contributed by atoms with E-state index in [1.165, 1.54) is 22.7 Å². The van der Waals surface area contributed by atoms with Crippen molar-refractivity contribution in [3.05, 3.63) is 40.4 Å². The molecular formula is C16H17ClN2O4S. The van der Waals surface area contributed by atoms with E-state index in [1.54, 1.807) is 38.1 Å². The second-order valence-corrected chi connectivity index (χ2v) is 6.39. The molecule has 1 atom stereocenters. The minimum Gasteiger partial charge on any atom is -0.463 e. The van der Waals surface area contributed by atoms with E-state index >= 15 is 0 Å². The number of rotatable bonds is 5. The maximum atomic E-state index is 12.4. The quantitative estimate of drug-likeness (QED) is 0.638.